The minimum Gasteiger partial charge on any atom is -0.345 e. The van der Waals surface area contributed by atoms with Crippen LogP contribution in [-0.2, 0) is 22.7 Å². The van der Waals surface area contributed by atoms with Gasteiger partial charge in [0.15, 0.2) is 0 Å². The number of carbonyl (C=O) groups is 2. The molecular weight excluding hydrogens is 378 g/mol. The number of nitrogens with zero attached hydrogens (tertiary/aromatic N) is 3. The SMILES string of the molecule is CCN(CC)Cc1ccccc1CNC(=O)C1=NCC(=O)N(c2ccc(C)cc2)N1. The fraction of sp³-hybridized carbons (Fsp3) is 0.348. The van der Waals surface area contributed by atoms with E-state index in [0.717, 1.165) is 30.8 Å². The van der Waals surface area contributed by atoms with E-state index in [4.69, 9.17) is 0 Å². The smallest absolute Gasteiger partial charge is 0.288 e. The van der Waals surface area contributed by atoms with Crippen molar-refractivity contribution in [3.05, 3.63) is 65.2 Å². The van der Waals surface area contributed by atoms with Gasteiger partial charge in [0.1, 0.15) is 6.54 Å². The Kier molecular flexibility index (Phi) is 7.19. The molecule has 0 spiro atoms. The number of anilines is 1. The zero-order chi connectivity index (χ0) is 21.5. The van der Waals surface area contributed by atoms with Crippen molar-refractivity contribution in [3.63, 3.8) is 0 Å². The molecule has 0 radical (unpaired) electrons. The molecule has 3 rings (SSSR count). The van der Waals surface area contributed by atoms with E-state index in [0.29, 0.717) is 12.2 Å². The second-order valence-electron chi connectivity index (χ2n) is 7.25. The summed E-state index contributed by atoms with van der Waals surface area (Å²) >= 11 is 0. The highest BCUT2D eigenvalue weighted by Crippen LogP contribution is 2.15. The maximum absolute atomic E-state index is 12.7. The van der Waals surface area contributed by atoms with Crippen LogP contribution in [0, 0.1) is 6.92 Å². The molecule has 1 heterocycles. The summed E-state index contributed by atoms with van der Waals surface area (Å²) in [5.74, 6) is -0.409. The Labute approximate surface area is 177 Å². The number of carbonyl (C=O) groups excluding carboxylic acids is 2. The van der Waals surface area contributed by atoms with Crippen LogP contribution < -0.4 is 15.8 Å². The lowest BCUT2D eigenvalue weighted by atomic mass is 10.1. The van der Waals surface area contributed by atoms with Gasteiger partial charge in [-0.3, -0.25) is 24.9 Å². The molecule has 0 fully saturated rings. The number of amidine groups is 1. The molecular formula is C23H29N5O2. The fourth-order valence-corrected chi connectivity index (χ4v) is 3.28. The molecule has 0 saturated carbocycles. The van der Waals surface area contributed by atoms with Gasteiger partial charge in [0.05, 0.1) is 5.69 Å². The number of hydrazine groups is 1. The van der Waals surface area contributed by atoms with E-state index in [2.05, 4.69) is 40.5 Å². The van der Waals surface area contributed by atoms with Gasteiger partial charge in [0.25, 0.3) is 11.8 Å². The van der Waals surface area contributed by atoms with Gasteiger partial charge in [-0.2, -0.15) is 0 Å². The summed E-state index contributed by atoms with van der Waals surface area (Å²) in [7, 11) is 0. The molecule has 1 aliphatic heterocycles. The molecule has 1 aliphatic rings. The van der Waals surface area contributed by atoms with Gasteiger partial charge in [-0.15, -0.1) is 0 Å². The molecule has 2 aromatic rings. The number of aliphatic imine (C=N–C) groups is 1. The Bertz CT molecular complexity index is 919. The minimum atomic E-state index is -0.336. The quantitative estimate of drug-likeness (QED) is 0.705. The molecule has 0 aliphatic carbocycles. The van der Waals surface area contributed by atoms with Crippen molar-refractivity contribution in [1.29, 1.82) is 0 Å². The van der Waals surface area contributed by atoms with Crippen molar-refractivity contribution >= 4 is 23.3 Å². The summed E-state index contributed by atoms with van der Waals surface area (Å²) in [4.78, 5) is 31.4. The fourth-order valence-electron chi connectivity index (χ4n) is 3.28. The Morgan fingerprint density at radius 1 is 1.10 bits per heavy atom. The molecule has 2 aromatic carbocycles. The monoisotopic (exact) mass is 407 g/mol. The summed E-state index contributed by atoms with van der Waals surface area (Å²) < 4.78 is 0. The molecule has 2 amide bonds. The first-order valence-electron chi connectivity index (χ1n) is 10.3. The van der Waals surface area contributed by atoms with Gasteiger partial charge >= 0.3 is 0 Å². The summed E-state index contributed by atoms with van der Waals surface area (Å²) in [6.07, 6.45) is 0. The average Bonchev–Trinajstić information content (AvgIpc) is 2.77. The highest BCUT2D eigenvalue weighted by molar-refractivity contribution is 6.39. The van der Waals surface area contributed by atoms with Crippen LogP contribution in [0.15, 0.2) is 53.5 Å². The van der Waals surface area contributed by atoms with Gasteiger partial charge < -0.3 is 5.32 Å². The normalized spacial score (nSPS) is 13.8. The van der Waals surface area contributed by atoms with Crippen molar-refractivity contribution in [3.8, 4) is 0 Å². The van der Waals surface area contributed by atoms with E-state index in [-0.39, 0.29) is 24.2 Å². The second kappa shape index (κ2) is 10.0. The lowest BCUT2D eigenvalue weighted by Gasteiger charge is -2.27. The standard InChI is InChI=1S/C23H29N5O2/c1-4-27(5-2)16-19-9-7-6-8-18(19)14-25-23(30)22-24-15-21(29)28(26-22)20-12-10-17(3)11-13-20/h6-13H,4-5,14-16H2,1-3H3,(H,24,26)(H,25,30). The van der Waals surface area contributed by atoms with Crippen LogP contribution in [0.25, 0.3) is 0 Å². The third-order valence-electron chi connectivity index (χ3n) is 5.19. The van der Waals surface area contributed by atoms with Crippen LogP contribution in [-0.4, -0.2) is 42.2 Å². The number of hydrogen-bond acceptors (Lipinski definition) is 5. The van der Waals surface area contributed by atoms with Crippen LogP contribution in [0.3, 0.4) is 0 Å². The van der Waals surface area contributed by atoms with E-state index in [1.54, 1.807) is 0 Å². The second-order valence-corrected chi connectivity index (χ2v) is 7.25. The summed E-state index contributed by atoms with van der Waals surface area (Å²) in [5.41, 5.74) is 6.89. The van der Waals surface area contributed by atoms with Crippen LogP contribution in [0.1, 0.15) is 30.5 Å². The van der Waals surface area contributed by atoms with Crippen molar-refractivity contribution in [2.45, 2.75) is 33.9 Å². The molecule has 0 atom stereocenters. The lowest BCUT2D eigenvalue weighted by Crippen LogP contribution is -2.55. The maximum atomic E-state index is 12.7. The number of benzene rings is 2. The zero-order valence-electron chi connectivity index (χ0n) is 17.8. The molecule has 30 heavy (non-hydrogen) atoms. The summed E-state index contributed by atoms with van der Waals surface area (Å²) in [6, 6.07) is 15.6. The third kappa shape index (κ3) is 5.24. The van der Waals surface area contributed by atoms with E-state index < -0.39 is 0 Å². The van der Waals surface area contributed by atoms with E-state index in [9.17, 15) is 9.59 Å². The first-order valence-corrected chi connectivity index (χ1v) is 10.3. The van der Waals surface area contributed by atoms with Crippen LogP contribution in [0.2, 0.25) is 0 Å². The predicted octanol–water partition coefficient (Wildman–Crippen LogP) is 2.40. The van der Waals surface area contributed by atoms with Gasteiger partial charge in [0, 0.05) is 13.1 Å². The van der Waals surface area contributed by atoms with Crippen LogP contribution >= 0.6 is 0 Å². The molecule has 0 saturated heterocycles. The van der Waals surface area contributed by atoms with Gasteiger partial charge in [-0.25, -0.2) is 5.01 Å². The van der Waals surface area contributed by atoms with Gasteiger partial charge in [-0.1, -0.05) is 55.8 Å². The largest absolute Gasteiger partial charge is 0.345 e. The highest BCUT2D eigenvalue weighted by Gasteiger charge is 2.25. The van der Waals surface area contributed by atoms with Crippen molar-refractivity contribution in [2.24, 2.45) is 4.99 Å². The first-order chi connectivity index (χ1) is 14.5. The number of rotatable bonds is 8. The molecule has 0 aromatic heterocycles. The van der Waals surface area contributed by atoms with Crippen LogP contribution in [0.5, 0.6) is 0 Å². The topological polar surface area (TPSA) is 77.0 Å². The van der Waals surface area contributed by atoms with Crippen molar-refractivity contribution in [1.82, 2.24) is 15.6 Å². The average molecular weight is 408 g/mol. The van der Waals surface area contributed by atoms with Gasteiger partial charge in [-0.05, 0) is 43.3 Å². The Balaban J connectivity index is 1.65. The Hall–Kier alpha value is -3.19. The molecule has 2 N–H and O–H groups in total. The zero-order valence-corrected chi connectivity index (χ0v) is 17.8. The first kappa shape index (κ1) is 21.5. The van der Waals surface area contributed by atoms with Crippen molar-refractivity contribution in [2.75, 3.05) is 24.6 Å². The predicted molar refractivity (Wildman–Crippen MR) is 119 cm³/mol. The van der Waals surface area contributed by atoms with E-state index in [1.807, 2.05) is 49.4 Å². The van der Waals surface area contributed by atoms with Crippen LogP contribution in [0.4, 0.5) is 5.69 Å². The molecule has 7 nitrogen and oxygen atoms in total. The minimum absolute atomic E-state index is 0.0673. The number of amides is 2. The maximum Gasteiger partial charge on any atom is 0.288 e. The molecule has 0 bridgehead atoms. The summed E-state index contributed by atoms with van der Waals surface area (Å²) in [5, 5.41) is 4.30. The third-order valence-corrected chi connectivity index (χ3v) is 5.19. The lowest BCUT2D eigenvalue weighted by molar-refractivity contribution is -0.118. The Morgan fingerprint density at radius 2 is 1.77 bits per heavy atom. The van der Waals surface area contributed by atoms with Gasteiger partial charge in [0.2, 0.25) is 5.84 Å². The summed E-state index contributed by atoms with van der Waals surface area (Å²) in [6.45, 7) is 9.38. The molecule has 0 unspecified atom stereocenters. The van der Waals surface area contributed by atoms with E-state index in [1.165, 1.54) is 10.6 Å². The molecule has 158 valence electrons. The Morgan fingerprint density at radius 3 is 2.43 bits per heavy atom. The van der Waals surface area contributed by atoms with Crippen molar-refractivity contribution < 1.29 is 9.59 Å². The number of aryl methyl sites for hydroxylation is 1. The highest BCUT2D eigenvalue weighted by atomic mass is 16.2. The van der Waals surface area contributed by atoms with E-state index >= 15 is 0 Å². The number of nitrogens with one attached hydrogen (secondary N) is 2. The molecule has 7 heteroatoms. The number of hydrogen-bond donors (Lipinski definition) is 2.